The fourth-order valence-electron chi connectivity index (χ4n) is 2.22. The van der Waals surface area contributed by atoms with E-state index >= 15 is 0 Å². The van der Waals surface area contributed by atoms with E-state index in [-0.39, 0.29) is 0 Å². The van der Waals surface area contributed by atoms with Gasteiger partial charge in [0.2, 0.25) is 0 Å². The number of carbonyl (C=O) groups excluding carboxylic acids is 1. The van der Waals surface area contributed by atoms with Gasteiger partial charge in [0.05, 0.1) is 13.2 Å². The Morgan fingerprint density at radius 3 is 2.52 bits per heavy atom. The van der Waals surface area contributed by atoms with Crippen molar-refractivity contribution in [2.75, 3.05) is 13.7 Å². The lowest BCUT2D eigenvalue weighted by Crippen LogP contribution is -2.44. The van der Waals surface area contributed by atoms with Crippen LogP contribution in [-0.4, -0.2) is 35.2 Å². The van der Waals surface area contributed by atoms with Crippen molar-refractivity contribution in [1.82, 2.24) is 4.90 Å². The normalized spacial score (nSPS) is 14.4. The molecule has 5 heteroatoms. The van der Waals surface area contributed by atoms with Gasteiger partial charge in [-0.2, -0.15) is 0 Å². The van der Waals surface area contributed by atoms with Crippen LogP contribution in [0.4, 0.5) is 0 Å². The van der Waals surface area contributed by atoms with Gasteiger partial charge in [0.1, 0.15) is 0 Å². The van der Waals surface area contributed by atoms with Crippen molar-refractivity contribution in [3.63, 3.8) is 0 Å². The number of allylic oxidation sites excluding steroid dienone is 2. The Morgan fingerprint density at radius 1 is 1.28 bits per heavy atom. The number of halogens is 1. The Bertz CT molecular complexity index is 622. The first-order valence-electron chi connectivity index (χ1n) is 8.21. The van der Waals surface area contributed by atoms with E-state index in [0.29, 0.717) is 18.2 Å². The molecular formula is C20H26ClNO3. The SMILES string of the molecule is C/C=C/C(O)(/C=C/COC)C(=O)N(/C=C/CC)Cc1ccc(Cl)cc1. The lowest BCUT2D eigenvalue weighted by atomic mass is 10.00. The number of ether oxygens (including phenoxy) is 1. The molecule has 1 N–H and O–H groups in total. The molecule has 1 rings (SSSR count). The molecule has 1 aromatic rings. The molecule has 1 aromatic carbocycles. The van der Waals surface area contributed by atoms with Gasteiger partial charge in [0.15, 0.2) is 5.60 Å². The highest BCUT2D eigenvalue weighted by Gasteiger charge is 2.33. The Balaban J connectivity index is 3.10. The van der Waals surface area contributed by atoms with Gasteiger partial charge >= 0.3 is 0 Å². The Hall–Kier alpha value is -1.88. The monoisotopic (exact) mass is 363 g/mol. The number of nitrogens with zero attached hydrogens (tertiary/aromatic N) is 1. The van der Waals surface area contributed by atoms with Gasteiger partial charge in [0, 0.05) is 18.3 Å². The van der Waals surface area contributed by atoms with E-state index in [1.807, 2.05) is 25.1 Å². The molecule has 1 atom stereocenters. The van der Waals surface area contributed by atoms with Gasteiger partial charge in [-0.3, -0.25) is 4.79 Å². The quantitative estimate of drug-likeness (QED) is 0.672. The summed E-state index contributed by atoms with van der Waals surface area (Å²) in [7, 11) is 1.55. The Kier molecular flexibility index (Phi) is 9.21. The zero-order chi connectivity index (χ0) is 18.7. The van der Waals surface area contributed by atoms with Crippen molar-refractivity contribution < 1.29 is 14.6 Å². The van der Waals surface area contributed by atoms with E-state index in [1.54, 1.807) is 44.5 Å². The van der Waals surface area contributed by atoms with Gasteiger partial charge < -0.3 is 14.7 Å². The second-order valence-electron chi connectivity index (χ2n) is 5.54. The van der Waals surface area contributed by atoms with Crippen LogP contribution < -0.4 is 0 Å². The lowest BCUT2D eigenvalue weighted by Gasteiger charge is -2.27. The zero-order valence-electron chi connectivity index (χ0n) is 15.0. The van der Waals surface area contributed by atoms with E-state index in [2.05, 4.69) is 0 Å². The third-order valence-electron chi connectivity index (χ3n) is 3.45. The van der Waals surface area contributed by atoms with Gasteiger partial charge in [0.25, 0.3) is 5.91 Å². The van der Waals surface area contributed by atoms with Crippen LogP contribution in [0, 0.1) is 0 Å². The summed E-state index contributed by atoms with van der Waals surface area (Å²) in [5.41, 5.74) is -0.806. The molecule has 0 aromatic heterocycles. The molecule has 0 aliphatic carbocycles. The minimum Gasteiger partial charge on any atom is -0.381 e. The number of hydrogen-bond donors (Lipinski definition) is 1. The summed E-state index contributed by atoms with van der Waals surface area (Å²) in [5.74, 6) is -0.433. The topological polar surface area (TPSA) is 49.8 Å². The van der Waals surface area contributed by atoms with Crippen LogP contribution in [-0.2, 0) is 16.1 Å². The van der Waals surface area contributed by atoms with Gasteiger partial charge in [-0.25, -0.2) is 0 Å². The van der Waals surface area contributed by atoms with E-state index in [0.717, 1.165) is 12.0 Å². The smallest absolute Gasteiger partial charge is 0.266 e. The van der Waals surface area contributed by atoms with Crippen LogP contribution >= 0.6 is 11.6 Å². The van der Waals surface area contributed by atoms with Crippen molar-refractivity contribution in [1.29, 1.82) is 0 Å². The van der Waals surface area contributed by atoms with Crippen LogP contribution in [0.15, 0.2) is 60.8 Å². The van der Waals surface area contributed by atoms with Crippen LogP contribution in [0.2, 0.25) is 5.02 Å². The fraction of sp³-hybridized carbons (Fsp3) is 0.350. The molecule has 25 heavy (non-hydrogen) atoms. The summed E-state index contributed by atoms with van der Waals surface area (Å²) in [6, 6.07) is 7.27. The molecule has 0 aliphatic rings. The van der Waals surface area contributed by atoms with Crippen molar-refractivity contribution in [3.8, 4) is 0 Å². The van der Waals surface area contributed by atoms with Crippen molar-refractivity contribution in [2.24, 2.45) is 0 Å². The largest absolute Gasteiger partial charge is 0.381 e. The molecule has 0 heterocycles. The highest BCUT2D eigenvalue weighted by molar-refractivity contribution is 6.30. The van der Waals surface area contributed by atoms with E-state index in [4.69, 9.17) is 16.3 Å². The molecule has 4 nitrogen and oxygen atoms in total. The number of rotatable bonds is 9. The predicted molar refractivity (Wildman–Crippen MR) is 102 cm³/mol. The third kappa shape index (κ3) is 6.86. The maximum atomic E-state index is 13.0. The minimum absolute atomic E-state index is 0.315. The predicted octanol–water partition coefficient (Wildman–Crippen LogP) is 4.10. The number of aliphatic hydroxyl groups is 1. The number of benzene rings is 1. The maximum absolute atomic E-state index is 13.0. The molecule has 0 saturated heterocycles. The average Bonchev–Trinajstić information content (AvgIpc) is 2.60. The number of hydrogen-bond acceptors (Lipinski definition) is 3. The second kappa shape index (κ2) is 10.9. The molecule has 0 aliphatic heterocycles. The van der Waals surface area contributed by atoms with Crippen molar-refractivity contribution in [3.05, 3.63) is 71.4 Å². The summed E-state index contributed by atoms with van der Waals surface area (Å²) in [6.07, 6.45) is 10.6. The molecule has 0 fully saturated rings. The summed E-state index contributed by atoms with van der Waals surface area (Å²) in [4.78, 5) is 14.5. The molecule has 136 valence electrons. The fourth-order valence-corrected chi connectivity index (χ4v) is 2.34. The number of methoxy groups -OCH3 is 1. The average molecular weight is 364 g/mol. The standard InChI is InChI=1S/C20H26ClNO3/c1-4-6-14-22(16-17-8-10-18(21)11-9-17)19(23)20(24,12-5-2)13-7-15-25-3/h5-14,24H,4,15-16H2,1-3H3/b12-5+,13-7+,14-6+. The highest BCUT2D eigenvalue weighted by Crippen LogP contribution is 2.18. The molecule has 0 spiro atoms. The van der Waals surface area contributed by atoms with Crippen LogP contribution in [0.5, 0.6) is 0 Å². The first kappa shape index (κ1) is 21.2. The van der Waals surface area contributed by atoms with E-state index < -0.39 is 11.5 Å². The summed E-state index contributed by atoms with van der Waals surface area (Å²) >= 11 is 5.91. The van der Waals surface area contributed by atoms with Gasteiger partial charge in [-0.05, 0) is 43.2 Å². The Labute approximate surface area is 155 Å². The maximum Gasteiger partial charge on any atom is 0.266 e. The number of amides is 1. The van der Waals surface area contributed by atoms with Crippen LogP contribution in [0.1, 0.15) is 25.8 Å². The van der Waals surface area contributed by atoms with Crippen molar-refractivity contribution >= 4 is 17.5 Å². The van der Waals surface area contributed by atoms with E-state index in [1.165, 1.54) is 17.1 Å². The minimum atomic E-state index is -1.72. The highest BCUT2D eigenvalue weighted by atomic mass is 35.5. The summed E-state index contributed by atoms with van der Waals surface area (Å²) in [5, 5.41) is 11.5. The Morgan fingerprint density at radius 2 is 1.96 bits per heavy atom. The van der Waals surface area contributed by atoms with Crippen LogP contribution in [0.25, 0.3) is 0 Å². The molecule has 1 unspecified atom stereocenters. The zero-order valence-corrected chi connectivity index (χ0v) is 15.7. The third-order valence-corrected chi connectivity index (χ3v) is 3.70. The van der Waals surface area contributed by atoms with Gasteiger partial charge in [-0.15, -0.1) is 0 Å². The van der Waals surface area contributed by atoms with Crippen LogP contribution in [0.3, 0.4) is 0 Å². The molecule has 0 bridgehead atoms. The first-order valence-corrected chi connectivity index (χ1v) is 8.59. The molecular weight excluding hydrogens is 338 g/mol. The molecule has 1 amide bonds. The second-order valence-corrected chi connectivity index (χ2v) is 5.97. The lowest BCUT2D eigenvalue weighted by molar-refractivity contribution is -0.140. The summed E-state index contributed by atoms with van der Waals surface area (Å²) < 4.78 is 4.95. The molecule has 0 saturated carbocycles. The van der Waals surface area contributed by atoms with E-state index in [9.17, 15) is 9.90 Å². The van der Waals surface area contributed by atoms with Gasteiger partial charge in [-0.1, -0.05) is 48.9 Å². The summed E-state index contributed by atoms with van der Waals surface area (Å²) in [6.45, 7) is 4.39. The first-order chi connectivity index (χ1) is 12.0. The molecule has 0 radical (unpaired) electrons. The van der Waals surface area contributed by atoms with Crippen molar-refractivity contribution in [2.45, 2.75) is 32.4 Å². The number of carbonyl (C=O) groups is 1.